The molecule has 0 saturated carbocycles. The van der Waals surface area contributed by atoms with E-state index in [-0.39, 0.29) is 12.8 Å². The molecule has 0 aliphatic carbocycles. The van der Waals surface area contributed by atoms with E-state index in [1.54, 1.807) is 0 Å². The monoisotopic (exact) mass is 874 g/mol. The van der Waals surface area contributed by atoms with Crippen molar-refractivity contribution in [1.82, 2.24) is 5.32 Å². The van der Waals surface area contributed by atoms with Crippen molar-refractivity contribution in [3.63, 3.8) is 0 Å². The summed E-state index contributed by atoms with van der Waals surface area (Å²) >= 11 is 0. The highest BCUT2D eigenvalue weighted by molar-refractivity contribution is 7.47. The fraction of sp³-hybridized carbons (Fsp3) is 0.896. The van der Waals surface area contributed by atoms with E-state index in [0.29, 0.717) is 12.8 Å². The second-order valence-corrected chi connectivity index (χ2v) is 18.5. The predicted octanol–water partition coefficient (Wildman–Crippen LogP) is 13.2. The standard InChI is InChI=1S/C48H92NO10P/c1-3-5-7-9-11-13-15-17-19-21-22-23-24-25-27-29-31-33-35-37-39-46(51)49-45(48(53)54)43-59-60(55,56)58-42-44(50)41-57-47(52)40-38-36-34-32-30-28-26-20-18-16-14-12-10-8-6-4-2/h20,26,44-45,50H,3-19,21-25,27-43H2,1-2H3,(H,49,51)(H,53,54)(H,55,56)/b26-20-. The molecule has 1 amide bonds. The van der Waals surface area contributed by atoms with Gasteiger partial charge in [0.25, 0.3) is 0 Å². The van der Waals surface area contributed by atoms with Crippen molar-refractivity contribution in [2.24, 2.45) is 0 Å². The Labute approximate surface area is 367 Å². The number of esters is 1. The Balaban J connectivity index is 3.83. The molecule has 0 aromatic carbocycles. The summed E-state index contributed by atoms with van der Waals surface area (Å²) < 4.78 is 26.9. The average Bonchev–Trinajstić information content (AvgIpc) is 3.22. The van der Waals surface area contributed by atoms with Crippen molar-refractivity contribution in [3.8, 4) is 0 Å². The van der Waals surface area contributed by atoms with Gasteiger partial charge in [-0.3, -0.25) is 18.6 Å². The summed E-state index contributed by atoms with van der Waals surface area (Å²) in [6.07, 6.45) is 45.2. The minimum atomic E-state index is -4.76. The lowest BCUT2D eigenvalue weighted by molar-refractivity contribution is -0.147. The van der Waals surface area contributed by atoms with Crippen molar-refractivity contribution >= 4 is 25.7 Å². The number of rotatable bonds is 47. The lowest BCUT2D eigenvalue weighted by Gasteiger charge is -2.18. The molecule has 12 heteroatoms. The molecule has 0 saturated heterocycles. The fourth-order valence-electron chi connectivity index (χ4n) is 7.19. The largest absolute Gasteiger partial charge is 0.480 e. The van der Waals surface area contributed by atoms with Crippen molar-refractivity contribution < 1.29 is 47.8 Å². The second kappa shape index (κ2) is 43.9. The molecule has 4 N–H and O–H groups in total. The van der Waals surface area contributed by atoms with E-state index in [4.69, 9.17) is 13.8 Å². The third kappa shape index (κ3) is 42.9. The van der Waals surface area contributed by atoms with E-state index in [1.807, 2.05) is 0 Å². The van der Waals surface area contributed by atoms with Gasteiger partial charge in [-0.1, -0.05) is 206 Å². The van der Waals surface area contributed by atoms with Crippen LogP contribution in [-0.2, 0) is 32.7 Å². The minimum Gasteiger partial charge on any atom is -0.480 e. The highest BCUT2D eigenvalue weighted by Crippen LogP contribution is 2.43. The number of carbonyl (C=O) groups excluding carboxylic acids is 2. The number of carbonyl (C=O) groups is 3. The van der Waals surface area contributed by atoms with Crippen LogP contribution in [0.5, 0.6) is 0 Å². The SMILES string of the molecule is CCCCCCCCC/C=C\CCCCCCCC(=O)OCC(O)COP(=O)(O)OCC(NC(=O)CCCCCCCCCCCCCCCCCCCCCC)C(=O)O. The molecule has 0 aromatic heterocycles. The van der Waals surface area contributed by atoms with Crippen LogP contribution in [0.25, 0.3) is 0 Å². The number of ether oxygens (including phenoxy) is 1. The van der Waals surface area contributed by atoms with Crippen LogP contribution in [0.15, 0.2) is 12.2 Å². The first-order chi connectivity index (χ1) is 29.1. The zero-order valence-electron chi connectivity index (χ0n) is 38.5. The van der Waals surface area contributed by atoms with E-state index < -0.39 is 57.6 Å². The molecule has 0 aromatic rings. The molecule has 0 spiro atoms. The Morgan fingerprint density at radius 3 is 1.27 bits per heavy atom. The number of amides is 1. The molecule has 0 fully saturated rings. The van der Waals surface area contributed by atoms with Crippen LogP contribution in [0.4, 0.5) is 0 Å². The molecule has 0 rings (SSSR count). The number of carboxylic acids is 1. The number of hydrogen-bond acceptors (Lipinski definition) is 8. The van der Waals surface area contributed by atoms with Crippen molar-refractivity contribution in [2.75, 3.05) is 19.8 Å². The first-order valence-corrected chi connectivity index (χ1v) is 26.2. The Kier molecular flexibility index (Phi) is 42.6. The van der Waals surface area contributed by atoms with Gasteiger partial charge >= 0.3 is 19.8 Å². The molecule has 3 atom stereocenters. The maximum atomic E-state index is 12.4. The first kappa shape index (κ1) is 58.2. The van der Waals surface area contributed by atoms with Gasteiger partial charge in [0.15, 0.2) is 6.04 Å². The number of aliphatic hydroxyl groups is 1. The summed E-state index contributed by atoms with van der Waals surface area (Å²) in [5.74, 6) is -2.36. The Morgan fingerprint density at radius 2 is 0.867 bits per heavy atom. The number of unbranched alkanes of at least 4 members (excludes halogenated alkanes) is 31. The van der Waals surface area contributed by atoms with E-state index in [1.165, 1.54) is 148 Å². The predicted molar refractivity (Wildman–Crippen MR) is 245 cm³/mol. The number of allylic oxidation sites excluding steroid dienone is 2. The van der Waals surface area contributed by atoms with Crippen molar-refractivity contribution in [1.29, 1.82) is 0 Å². The second-order valence-electron chi connectivity index (χ2n) is 17.0. The van der Waals surface area contributed by atoms with Gasteiger partial charge < -0.3 is 25.2 Å². The van der Waals surface area contributed by atoms with E-state index in [2.05, 4.69) is 31.3 Å². The summed E-state index contributed by atoms with van der Waals surface area (Å²) in [5.41, 5.74) is 0. The van der Waals surface area contributed by atoms with E-state index in [0.717, 1.165) is 57.8 Å². The lowest BCUT2D eigenvalue weighted by Crippen LogP contribution is -2.43. The molecule has 60 heavy (non-hydrogen) atoms. The highest BCUT2D eigenvalue weighted by Gasteiger charge is 2.28. The third-order valence-corrected chi connectivity index (χ3v) is 12.0. The topological polar surface area (TPSA) is 169 Å². The summed E-state index contributed by atoms with van der Waals surface area (Å²) in [7, 11) is -4.76. The molecule has 0 aliphatic heterocycles. The van der Waals surface area contributed by atoms with Crippen LogP contribution in [0.2, 0.25) is 0 Å². The van der Waals surface area contributed by atoms with Crippen LogP contribution in [0.3, 0.4) is 0 Å². The van der Waals surface area contributed by atoms with Gasteiger partial charge in [0.2, 0.25) is 5.91 Å². The number of phosphoric ester groups is 1. The van der Waals surface area contributed by atoms with Crippen LogP contribution >= 0.6 is 7.82 Å². The van der Waals surface area contributed by atoms with Gasteiger partial charge in [-0.05, 0) is 38.5 Å². The third-order valence-electron chi connectivity index (χ3n) is 11.1. The Hall–Kier alpha value is -1.78. The molecule has 0 aliphatic rings. The van der Waals surface area contributed by atoms with E-state index in [9.17, 15) is 34.1 Å². The lowest BCUT2D eigenvalue weighted by atomic mass is 10.0. The van der Waals surface area contributed by atoms with Gasteiger partial charge in [-0.2, -0.15) is 0 Å². The molecule has 0 heterocycles. The molecule has 3 unspecified atom stereocenters. The summed E-state index contributed by atoms with van der Waals surface area (Å²) in [4.78, 5) is 46.0. The molecular weight excluding hydrogens is 781 g/mol. The number of aliphatic carboxylic acids is 1. The quantitative estimate of drug-likeness (QED) is 0.0200. The van der Waals surface area contributed by atoms with Crippen LogP contribution in [0, 0.1) is 0 Å². The van der Waals surface area contributed by atoms with Crippen LogP contribution < -0.4 is 5.32 Å². The molecule has 0 bridgehead atoms. The summed E-state index contributed by atoms with van der Waals surface area (Å²) in [5, 5.41) is 21.9. The van der Waals surface area contributed by atoms with Crippen LogP contribution in [0.1, 0.15) is 245 Å². The molecule has 354 valence electrons. The minimum absolute atomic E-state index is 0.151. The zero-order valence-corrected chi connectivity index (χ0v) is 39.4. The molecule has 0 radical (unpaired) electrons. The number of carboxylic acid groups (broad SMARTS) is 1. The van der Waals surface area contributed by atoms with Gasteiger partial charge in [0, 0.05) is 12.8 Å². The molecule has 11 nitrogen and oxygen atoms in total. The van der Waals surface area contributed by atoms with Gasteiger partial charge in [0.1, 0.15) is 12.7 Å². The zero-order chi connectivity index (χ0) is 44.2. The van der Waals surface area contributed by atoms with Gasteiger partial charge in [0.05, 0.1) is 13.2 Å². The normalized spacial score (nSPS) is 13.7. The van der Waals surface area contributed by atoms with Crippen molar-refractivity contribution in [2.45, 2.75) is 257 Å². The Morgan fingerprint density at radius 1 is 0.517 bits per heavy atom. The highest BCUT2D eigenvalue weighted by atomic mass is 31.2. The van der Waals surface area contributed by atoms with E-state index >= 15 is 0 Å². The summed E-state index contributed by atoms with van der Waals surface area (Å²) in [6, 6.07) is -1.54. The molecular formula is C48H92NO10P. The Bertz CT molecular complexity index is 1070. The van der Waals surface area contributed by atoms with Crippen molar-refractivity contribution in [3.05, 3.63) is 12.2 Å². The van der Waals surface area contributed by atoms with Crippen LogP contribution in [-0.4, -0.2) is 64.9 Å². The fourth-order valence-corrected chi connectivity index (χ4v) is 7.97. The van der Waals surface area contributed by atoms with Gasteiger partial charge in [-0.25, -0.2) is 9.36 Å². The maximum absolute atomic E-state index is 12.4. The number of nitrogens with one attached hydrogen (secondary N) is 1. The van der Waals surface area contributed by atoms with Gasteiger partial charge in [-0.15, -0.1) is 0 Å². The number of hydrogen-bond donors (Lipinski definition) is 4. The smallest absolute Gasteiger partial charge is 0.472 e. The number of phosphoric acid groups is 1. The maximum Gasteiger partial charge on any atom is 0.472 e. The average molecular weight is 874 g/mol. The summed E-state index contributed by atoms with van der Waals surface area (Å²) in [6.45, 7) is 2.62. The number of aliphatic hydroxyl groups excluding tert-OH is 1. The first-order valence-electron chi connectivity index (χ1n) is 24.7.